The Bertz CT molecular complexity index is 971. The Labute approximate surface area is 169 Å². The fourth-order valence-corrected chi connectivity index (χ4v) is 4.25. The molecule has 0 saturated heterocycles. The number of hydrogen-bond donors (Lipinski definition) is 1. The van der Waals surface area contributed by atoms with Gasteiger partial charge >= 0.3 is 5.97 Å². The summed E-state index contributed by atoms with van der Waals surface area (Å²) in [6, 6.07) is 19.6. The molecule has 2 atom stereocenters. The molecule has 3 aromatic rings. The molecule has 1 amide bonds. The Morgan fingerprint density at radius 1 is 1.04 bits per heavy atom. The minimum atomic E-state index is -1.33. The summed E-state index contributed by atoms with van der Waals surface area (Å²) in [6.07, 6.45) is 1.49. The van der Waals surface area contributed by atoms with Crippen LogP contribution in [-0.2, 0) is 20.3 Å². The molecule has 144 valence electrons. The number of nitrogens with one attached hydrogen (secondary N) is 1. The fraction of sp³-hybridized carbons (Fsp3) is 0.143. The third kappa shape index (κ3) is 4.94. The summed E-state index contributed by atoms with van der Waals surface area (Å²) in [5.74, 6) is -1.08. The minimum Gasteiger partial charge on any atom is -0.452 e. The van der Waals surface area contributed by atoms with Crippen molar-refractivity contribution >= 4 is 34.0 Å². The molecule has 3 rings (SSSR count). The molecule has 0 spiro atoms. The molecule has 0 unspecified atom stereocenters. The zero-order valence-corrected chi connectivity index (χ0v) is 16.8. The predicted octanol–water partition coefficient (Wildman–Crippen LogP) is 3.55. The van der Waals surface area contributed by atoms with E-state index < -0.39 is 29.3 Å². The van der Waals surface area contributed by atoms with E-state index in [1.54, 1.807) is 18.2 Å². The predicted molar refractivity (Wildman–Crippen MR) is 110 cm³/mol. The number of carbonyl (C=O) groups excluding carboxylic acids is 2. The van der Waals surface area contributed by atoms with Gasteiger partial charge in [0.05, 0.1) is 27.3 Å². The molecule has 0 saturated carbocycles. The van der Waals surface area contributed by atoms with Crippen molar-refractivity contribution in [3.05, 3.63) is 88.1 Å². The summed E-state index contributed by atoms with van der Waals surface area (Å²) in [4.78, 5) is 26.1. The molecule has 1 aromatic heterocycles. The van der Waals surface area contributed by atoms with Crippen LogP contribution in [0.1, 0.15) is 26.8 Å². The van der Waals surface area contributed by atoms with Crippen LogP contribution in [0, 0.1) is 0 Å². The van der Waals surface area contributed by atoms with Crippen molar-refractivity contribution in [3.8, 4) is 0 Å². The molecule has 1 N–H and O–H groups in total. The zero-order valence-electron chi connectivity index (χ0n) is 15.2. The highest BCUT2D eigenvalue weighted by atomic mass is 32.2. The topological polar surface area (TPSA) is 72.5 Å². The van der Waals surface area contributed by atoms with Gasteiger partial charge in [0.15, 0.2) is 6.61 Å². The van der Waals surface area contributed by atoms with E-state index in [-0.39, 0.29) is 11.6 Å². The number of rotatable bonds is 7. The Hall–Kier alpha value is -2.77. The van der Waals surface area contributed by atoms with Crippen LogP contribution < -0.4 is 5.32 Å². The molecule has 0 radical (unpaired) electrons. The van der Waals surface area contributed by atoms with E-state index in [0.29, 0.717) is 4.90 Å². The maximum absolute atomic E-state index is 12.4. The SMILES string of the molecule is C[S@](=O)c1ccccc1C(=O)OCC(=O)N[C@@H](c1ccccc1)c1cccs1. The summed E-state index contributed by atoms with van der Waals surface area (Å²) < 4.78 is 16.9. The molecule has 0 fully saturated rings. The van der Waals surface area contributed by atoms with Gasteiger partial charge in [0.2, 0.25) is 0 Å². The summed E-state index contributed by atoms with van der Waals surface area (Å²) in [7, 11) is -1.33. The van der Waals surface area contributed by atoms with Gasteiger partial charge in [-0.3, -0.25) is 9.00 Å². The summed E-state index contributed by atoms with van der Waals surface area (Å²) in [6.45, 7) is -0.418. The number of thiophene rings is 1. The lowest BCUT2D eigenvalue weighted by Crippen LogP contribution is -2.32. The van der Waals surface area contributed by atoms with Crippen molar-refractivity contribution in [1.29, 1.82) is 0 Å². The second-order valence-corrected chi connectivity index (χ2v) is 8.28. The van der Waals surface area contributed by atoms with Gasteiger partial charge < -0.3 is 10.1 Å². The van der Waals surface area contributed by atoms with Crippen LogP contribution >= 0.6 is 11.3 Å². The molecule has 2 aromatic carbocycles. The zero-order chi connectivity index (χ0) is 19.9. The molecule has 7 heteroatoms. The van der Waals surface area contributed by atoms with Crippen molar-refractivity contribution in [2.75, 3.05) is 12.9 Å². The second kappa shape index (κ2) is 9.43. The van der Waals surface area contributed by atoms with Crippen LogP contribution in [0.25, 0.3) is 0 Å². The first-order valence-corrected chi connectivity index (χ1v) is 11.0. The first kappa shape index (κ1) is 20.0. The van der Waals surface area contributed by atoms with Crippen LogP contribution in [-0.4, -0.2) is 28.9 Å². The van der Waals surface area contributed by atoms with Gasteiger partial charge in [-0.15, -0.1) is 11.3 Å². The molecular formula is C21H19NO4S2. The highest BCUT2D eigenvalue weighted by Crippen LogP contribution is 2.25. The number of esters is 1. The van der Waals surface area contributed by atoms with Crippen molar-refractivity contribution < 1.29 is 18.5 Å². The molecule has 5 nitrogen and oxygen atoms in total. The lowest BCUT2D eigenvalue weighted by atomic mass is 10.1. The van der Waals surface area contributed by atoms with E-state index in [0.717, 1.165) is 10.4 Å². The fourth-order valence-electron chi connectivity index (χ4n) is 2.72. The quantitative estimate of drug-likeness (QED) is 0.601. The van der Waals surface area contributed by atoms with Crippen LogP contribution in [0.2, 0.25) is 0 Å². The van der Waals surface area contributed by atoms with Gasteiger partial charge in [-0.2, -0.15) is 0 Å². The van der Waals surface area contributed by atoms with Crippen molar-refractivity contribution in [1.82, 2.24) is 5.32 Å². The largest absolute Gasteiger partial charge is 0.452 e. The molecule has 0 aliphatic rings. The van der Waals surface area contributed by atoms with Crippen LogP contribution in [0.4, 0.5) is 0 Å². The van der Waals surface area contributed by atoms with Gasteiger partial charge in [0.1, 0.15) is 0 Å². The standard InChI is InChI=1S/C21H19NO4S2/c1-28(25)18-12-6-5-10-16(18)21(24)26-14-19(23)22-20(17-11-7-13-27-17)15-8-3-2-4-9-15/h2-13,20H,14H2,1H3,(H,22,23)/t20-,28-/m0/s1. The van der Waals surface area contributed by atoms with Crippen LogP contribution in [0.5, 0.6) is 0 Å². The van der Waals surface area contributed by atoms with E-state index in [1.807, 2.05) is 47.8 Å². The highest BCUT2D eigenvalue weighted by Gasteiger charge is 2.20. The van der Waals surface area contributed by atoms with E-state index in [1.165, 1.54) is 23.7 Å². The molecule has 28 heavy (non-hydrogen) atoms. The number of ether oxygens (including phenoxy) is 1. The third-order valence-corrected chi connectivity index (χ3v) is 5.93. The average Bonchev–Trinajstić information content (AvgIpc) is 3.25. The van der Waals surface area contributed by atoms with Crippen LogP contribution in [0.3, 0.4) is 0 Å². The molecule has 0 aliphatic carbocycles. The van der Waals surface area contributed by atoms with Gasteiger partial charge in [-0.05, 0) is 29.1 Å². The Kier molecular flexibility index (Phi) is 6.73. The number of hydrogen-bond acceptors (Lipinski definition) is 5. The maximum atomic E-state index is 12.4. The third-order valence-electron chi connectivity index (χ3n) is 4.02. The average molecular weight is 414 g/mol. The summed E-state index contributed by atoms with van der Waals surface area (Å²) >= 11 is 1.54. The molecule has 0 bridgehead atoms. The van der Waals surface area contributed by atoms with Gasteiger partial charge in [0.25, 0.3) is 5.91 Å². The second-order valence-electron chi connectivity index (χ2n) is 5.95. The first-order valence-electron chi connectivity index (χ1n) is 8.53. The first-order chi connectivity index (χ1) is 13.6. The lowest BCUT2D eigenvalue weighted by Gasteiger charge is -2.18. The van der Waals surface area contributed by atoms with Gasteiger partial charge in [-0.1, -0.05) is 48.5 Å². The normalized spacial score (nSPS) is 12.8. The van der Waals surface area contributed by atoms with Crippen molar-refractivity contribution in [3.63, 3.8) is 0 Å². The summed E-state index contributed by atoms with van der Waals surface area (Å²) in [5, 5.41) is 4.86. The van der Waals surface area contributed by atoms with Gasteiger partial charge in [0, 0.05) is 11.1 Å². The number of benzene rings is 2. The van der Waals surface area contributed by atoms with Gasteiger partial charge in [-0.25, -0.2) is 4.79 Å². The lowest BCUT2D eigenvalue weighted by molar-refractivity contribution is -0.124. The minimum absolute atomic E-state index is 0.203. The van der Waals surface area contributed by atoms with E-state index >= 15 is 0 Å². The molecular weight excluding hydrogens is 394 g/mol. The smallest absolute Gasteiger partial charge is 0.339 e. The molecule has 0 aliphatic heterocycles. The van der Waals surface area contributed by atoms with Crippen molar-refractivity contribution in [2.45, 2.75) is 10.9 Å². The summed E-state index contributed by atoms with van der Waals surface area (Å²) in [5.41, 5.74) is 1.14. The molecule has 1 heterocycles. The Balaban J connectivity index is 1.67. The maximum Gasteiger partial charge on any atom is 0.339 e. The van der Waals surface area contributed by atoms with Crippen molar-refractivity contribution in [2.24, 2.45) is 0 Å². The highest BCUT2D eigenvalue weighted by molar-refractivity contribution is 7.84. The Morgan fingerprint density at radius 2 is 1.75 bits per heavy atom. The van der Waals surface area contributed by atoms with Crippen LogP contribution in [0.15, 0.2) is 77.0 Å². The monoisotopic (exact) mass is 413 g/mol. The number of carbonyl (C=O) groups is 2. The van der Waals surface area contributed by atoms with E-state index in [2.05, 4.69) is 5.32 Å². The van der Waals surface area contributed by atoms with E-state index in [4.69, 9.17) is 4.74 Å². The van der Waals surface area contributed by atoms with E-state index in [9.17, 15) is 13.8 Å². The Morgan fingerprint density at radius 3 is 2.43 bits per heavy atom. The number of amides is 1.